The fourth-order valence-corrected chi connectivity index (χ4v) is 4.52. The summed E-state index contributed by atoms with van der Waals surface area (Å²) >= 11 is 2.83. The fraction of sp³-hybridized carbons (Fsp3) is 0.353. The number of hydrogen-bond donors (Lipinski definition) is 2. The van der Waals surface area contributed by atoms with Gasteiger partial charge in [0.2, 0.25) is 0 Å². The maximum absolute atomic E-state index is 12.0. The number of aliphatic hydroxyl groups is 1. The number of ether oxygens (including phenoxy) is 1. The van der Waals surface area contributed by atoms with Gasteiger partial charge in [-0.1, -0.05) is 0 Å². The van der Waals surface area contributed by atoms with Crippen LogP contribution in [0.4, 0.5) is 5.82 Å². The van der Waals surface area contributed by atoms with E-state index >= 15 is 0 Å². The first-order valence-corrected chi connectivity index (χ1v) is 9.44. The van der Waals surface area contributed by atoms with Gasteiger partial charge in [-0.25, -0.2) is 14.8 Å². The lowest BCUT2D eigenvalue weighted by Gasteiger charge is -2.23. The number of rotatable bonds is 5. The van der Waals surface area contributed by atoms with E-state index in [2.05, 4.69) is 15.3 Å². The zero-order chi connectivity index (χ0) is 18.2. The minimum absolute atomic E-state index is 0.290. The first-order chi connectivity index (χ1) is 11.8. The van der Waals surface area contributed by atoms with E-state index in [0.717, 1.165) is 21.3 Å². The van der Waals surface area contributed by atoms with Gasteiger partial charge in [0.05, 0.1) is 12.5 Å². The van der Waals surface area contributed by atoms with Gasteiger partial charge in [-0.3, -0.25) is 0 Å². The minimum Gasteiger partial charge on any atom is -0.465 e. The van der Waals surface area contributed by atoms with Gasteiger partial charge in [0.1, 0.15) is 27.0 Å². The molecular formula is C17H19N3O3S2. The van der Waals surface area contributed by atoms with Gasteiger partial charge in [-0.15, -0.1) is 11.3 Å². The molecule has 8 heteroatoms. The molecule has 0 radical (unpaired) electrons. The molecule has 0 bridgehead atoms. The number of methoxy groups -OCH3 is 1. The van der Waals surface area contributed by atoms with E-state index < -0.39 is 5.60 Å². The second kappa shape index (κ2) is 6.70. The zero-order valence-corrected chi connectivity index (χ0v) is 16.0. The third-order valence-corrected chi connectivity index (χ3v) is 5.86. The lowest BCUT2D eigenvalue weighted by Crippen LogP contribution is -2.30. The molecule has 3 rings (SSSR count). The molecule has 0 amide bonds. The van der Waals surface area contributed by atoms with Gasteiger partial charge >= 0.3 is 5.97 Å². The number of aryl methyl sites for hydroxylation is 2. The maximum atomic E-state index is 12.0. The van der Waals surface area contributed by atoms with Crippen LogP contribution in [-0.4, -0.2) is 34.7 Å². The van der Waals surface area contributed by atoms with Crippen LogP contribution in [0.3, 0.4) is 0 Å². The van der Waals surface area contributed by atoms with Gasteiger partial charge in [0, 0.05) is 6.54 Å². The van der Waals surface area contributed by atoms with Crippen LogP contribution in [0.25, 0.3) is 10.2 Å². The highest BCUT2D eigenvalue weighted by molar-refractivity contribution is 7.20. The number of carbonyl (C=O) groups is 1. The van der Waals surface area contributed by atoms with Gasteiger partial charge in [-0.2, -0.15) is 11.3 Å². The monoisotopic (exact) mass is 377 g/mol. The average Bonchev–Trinajstić information content (AvgIpc) is 3.21. The van der Waals surface area contributed by atoms with Crippen LogP contribution in [0.1, 0.15) is 33.5 Å². The Kier molecular flexibility index (Phi) is 4.77. The third-order valence-electron chi connectivity index (χ3n) is 4.02. The lowest BCUT2D eigenvalue weighted by molar-refractivity contribution is 0.0605. The Hall–Kier alpha value is -2.03. The highest BCUT2D eigenvalue weighted by Gasteiger charge is 2.25. The molecule has 3 aromatic heterocycles. The van der Waals surface area contributed by atoms with Crippen molar-refractivity contribution in [2.45, 2.75) is 26.4 Å². The minimum atomic E-state index is -1.03. The summed E-state index contributed by atoms with van der Waals surface area (Å²) in [5.41, 5.74) is 0.606. The molecule has 0 aliphatic heterocycles. The highest BCUT2D eigenvalue weighted by atomic mass is 32.1. The molecule has 6 nitrogen and oxygen atoms in total. The largest absolute Gasteiger partial charge is 0.465 e. The standard InChI is InChI=1S/C17H19N3O3S2/c1-9-12-14(18-8-17(3,22)11-5-6-24-7-11)19-10(2)20-15(12)25-13(9)16(21)23-4/h5-7,22H,8H2,1-4H3,(H,18,19,20). The van der Waals surface area contributed by atoms with E-state index in [0.29, 0.717) is 16.5 Å². The summed E-state index contributed by atoms with van der Waals surface area (Å²) in [6.07, 6.45) is 0. The number of thiophene rings is 2. The third kappa shape index (κ3) is 3.37. The number of aromatic nitrogens is 2. The molecule has 0 saturated carbocycles. The molecular weight excluding hydrogens is 358 g/mol. The molecule has 1 unspecified atom stereocenters. The van der Waals surface area contributed by atoms with Crippen molar-refractivity contribution >= 4 is 44.7 Å². The second-order valence-electron chi connectivity index (χ2n) is 5.99. The van der Waals surface area contributed by atoms with Gasteiger partial charge in [0.25, 0.3) is 0 Å². The number of nitrogens with zero attached hydrogens (tertiary/aromatic N) is 2. The van der Waals surface area contributed by atoms with Crippen LogP contribution < -0.4 is 5.32 Å². The number of hydrogen-bond acceptors (Lipinski definition) is 8. The molecule has 0 aliphatic carbocycles. The van der Waals surface area contributed by atoms with Crippen LogP contribution in [0.2, 0.25) is 0 Å². The van der Waals surface area contributed by atoms with Crippen LogP contribution in [0.5, 0.6) is 0 Å². The summed E-state index contributed by atoms with van der Waals surface area (Å²) in [5, 5.41) is 18.6. The van der Waals surface area contributed by atoms with Gasteiger partial charge in [0.15, 0.2) is 0 Å². The summed E-state index contributed by atoms with van der Waals surface area (Å²) in [6.45, 7) is 5.70. The normalized spacial score (nSPS) is 13.6. The predicted molar refractivity (Wildman–Crippen MR) is 101 cm³/mol. The molecule has 25 heavy (non-hydrogen) atoms. The fourth-order valence-electron chi connectivity index (χ4n) is 2.59. The smallest absolute Gasteiger partial charge is 0.348 e. The average molecular weight is 377 g/mol. The Labute approximate surface area is 153 Å². The van der Waals surface area contributed by atoms with Crippen LogP contribution in [-0.2, 0) is 10.3 Å². The molecule has 2 N–H and O–H groups in total. The SMILES string of the molecule is COC(=O)c1sc2nc(C)nc(NCC(C)(O)c3ccsc3)c2c1C. The van der Waals surface area contributed by atoms with Crippen LogP contribution in [0, 0.1) is 13.8 Å². The van der Waals surface area contributed by atoms with E-state index in [1.807, 2.05) is 23.8 Å². The van der Waals surface area contributed by atoms with Crippen molar-refractivity contribution in [3.63, 3.8) is 0 Å². The number of fused-ring (bicyclic) bond motifs is 1. The van der Waals surface area contributed by atoms with Crippen molar-refractivity contribution in [2.24, 2.45) is 0 Å². The Morgan fingerprint density at radius 1 is 1.40 bits per heavy atom. The van der Waals surface area contributed by atoms with Crippen molar-refractivity contribution in [3.05, 3.63) is 38.7 Å². The van der Waals surface area contributed by atoms with Crippen molar-refractivity contribution in [1.29, 1.82) is 0 Å². The van der Waals surface area contributed by atoms with Crippen molar-refractivity contribution in [1.82, 2.24) is 9.97 Å². The zero-order valence-electron chi connectivity index (χ0n) is 14.4. The molecule has 0 saturated heterocycles. The number of anilines is 1. The van der Waals surface area contributed by atoms with Crippen LogP contribution in [0.15, 0.2) is 16.8 Å². The van der Waals surface area contributed by atoms with Crippen molar-refractivity contribution < 1.29 is 14.6 Å². The molecule has 0 fully saturated rings. The predicted octanol–water partition coefficient (Wildman–Crippen LogP) is 3.48. The Bertz CT molecular complexity index is 917. The summed E-state index contributed by atoms with van der Waals surface area (Å²) in [7, 11) is 1.36. The molecule has 3 aromatic rings. The van der Waals surface area contributed by atoms with E-state index in [4.69, 9.17) is 4.74 Å². The van der Waals surface area contributed by atoms with E-state index in [-0.39, 0.29) is 12.5 Å². The first kappa shape index (κ1) is 17.8. The van der Waals surface area contributed by atoms with Crippen molar-refractivity contribution in [2.75, 3.05) is 19.0 Å². The van der Waals surface area contributed by atoms with Gasteiger partial charge in [-0.05, 0) is 48.7 Å². The number of esters is 1. The van der Waals surface area contributed by atoms with Crippen molar-refractivity contribution in [3.8, 4) is 0 Å². The topological polar surface area (TPSA) is 84.3 Å². The Balaban J connectivity index is 1.98. The quantitative estimate of drug-likeness (QED) is 0.662. The molecule has 0 aromatic carbocycles. The molecule has 0 aliphatic rings. The van der Waals surface area contributed by atoms with Crippen LogP contribution >= 0.6 is 22.7 Å². The first-order valence-electron chi connectivity index (χ1n) is 7.68. The van der Waals surface area contributed by atoms with Gasteiger partial charge < -0.3 is 15.2 Å². The lowest BCUT2D eigenvalue weighted by atomic mass is 9.99. The van der Waals surface area contributed by atoms with E-state index in [9.17, 15) is 9.90 Å². The summed E-state index contributed by atoms with van der Waals surface area (Å²) in [4.78, 5) is 22.1. The molecule has 0 spiro atoms. The molecule has 3 heterocycles. The highest BCUT2D eigenvalue weighted by Crippen LogP contribution is 2.35. The van der Waals surface area contributed by atoms with E-state index in [1.54, 1.807) is 25.2 Å². The summed E-state index contributed by atoms with van der Waals surface area (Å²) < 4.78 is 4.84. The Morgan fingerprint density at radius 2 is 2.16 bits per heavy atom. The number of nitrogens with one attached hydrogen (secondary N) is 1. The Morgan fingerprint density at radius 3 is 2.80 bits per heavy atom. The molecule has 1 atom stereocenters. The number of carbonyl (C=O) groups excluding carboxylic acids is 1. The summed E-state index contributed by atoms with van der Waals surface area (Å²) in [5.74, 6) is 0.833. The molecule has 132 valence electrons. The maximum Gasteiger partial charge on any atom is 0.348 e. The second-order valence-corrected chi connectivity index (χ2v) is 7.77. The van der Waals surface area contributed by atoms with E-state index in [1.165, 1.54) is 18.4 Å². The summed E-state index contributed by atoms with van der Waals surface area (Å²) in [6, 6.07) is 1.90.